The molecule has 1 aliphatic rings. The van der Waals surface area contributed by atoms with Gasteiger partial charge in [0.1, 0.15) is 11.9 Å². The Labute approximate surface area is 149 Å². The smallest absolute Gasteiger partial charge is 0.249 e. The molecule has 1 N–H and O–H groups in total. The molecule has 0 bridgehead atoms. The summed E-state index contributed by atoms with van der Waals surface area (Å²) in [6.07, 6.45) is 1.48. The average Bonchev–Trinajstić information content (AvgIpc) is 2.62. The molecule has 25 heavy (non-hydrogen) atoms. The minimum atomic E-state index is -0.433. The summed E-state index contributed by atoms with van der Waals surface area (Å²) in [5.41, 5.74) is 0.949. The highest BCUT2D eigenvalue weighted by atomic mass is 16.5. The zero-order valence-corrected chi connectivity index (χ0v) is 15.3. The zero-order chi connectivity index (χ0) is 18.2. The Morgan fingerprint density at radius 1 is 1.32 bits per heavy atom. The van der Waals surface area contributed by atoms with E-state index in [1.165, 1.54) is 0 Å². The predicted molar refractivity (Wildman–Crippen MR) is 95.5 cm³/mol. The van der Waals surface area contributed by atoms with Crippen molar-refractivity contribution in [1.29, 1.82) is 0 Å². The van der Waals surface area contributed by atoms with Crippen LogP contribution in [0.15, 0.2) is 24.3 Å². The van der Waals surface area contributed by atoms with E-state index in [0.29, 0.717) is 26.1 Å². The molecular weight excluding hydrogens is 320 g/mol. The van der Waals surface area contributed by atoms with E-state index in [1.807, 2.05) is 36.1 Å². The number of piperidine rings is 1. The number of carbonyl (C=O) groups excluding carboxylic acids is 2. The third-order valence-electron chi connectivity index (χ3n) is 4.47. The van der Waals surface area contributed by atoms with Gasteiger partial charge >= 0.3 is 0 Å². The van der Waals surface area contributed by atoms with Crippen LogP contribution >= 0.6 is 0 Å². The maximum absolute atomic E-state index is 12.5. The monoisotopic (exact) mass is 348 g/mol. The predicted octanol–water partition coefficient (Wildman–Crippen LogP) is 1.77. The lowest BCUT2D eigenvalue weighted by molar-refractivity contribution is -0.133. The highest BCUT2D eigenvalue weighted by Gasteiger charge is 2.25. The summed E-state index contributed by atoms with van der Waals surface area (Å²) in [6, 6.07) is 7.69. The first-order valence-corrected chi connectivity index (χ1v) is 8.86. The van der Waals surface area contributed by atoms with E-state index in [9.17, 15) is 9.59 Å². The number of amides is 2. The molecule has 1 saturated heterocycles. The fourth-order valence-corrected chi connectivity index (χ4v) is 2.99. The van der Waals surface area contributed by atoms with Crippen molar-refractivity contribution in [2.45, 2.75) is 45.3 Å². The van der Waals surface area contributed by atoms with Crippen molar-refractivity contribution in [1.82, 2.24) is 10.2 Å². The molecule has 138 valence electrons. The summed E-state index contributed by atoms with van der Waals surface area (Å²) in [7, 11) is 1.62. The molecular formula is C19H28N2O4. The third kappa shape index (κ3) is 5.74. The normalized spacial score (nSPS) is 16.4. The summed E-state index contributed by atoms with van der Waals surface area (Å²) < 4.78 is 10.5. The first-order chi connectivity index (χ1) is 12.0. The molecule has 1 heterocycles. The zero-order valence-electron chi connectivity index (χ0n) is 15.3. The summed E-state index contributed by atoms with van der Waals surface area (Å²) in [6.45, 7) is 5.47. The van der Waals surface area contributed by atoms with Gasteiger partial charge in [0.05, 0.1) is 13.5 Å². The van der Waals surface area contributed by atoms with Gasteiger partial charge in [-0.05, 0) is 44.4 Å². The van der Waals surface area contributed by atoms with Gasteiger partial charge in [-0.15, -0.1) is 0 Å². The molecule has 1 aromatic carbocycles. The van der Waals surface area contributed by atoms with Crippen molar-refractivity contribution < 1.29 is 19.1 Å². The van der Waals surface area contributed by atoms with Gasteiger partial charge in [0.15, 0.2) is 0 Å². The van der Waals surface area contributed by atoms with E-state index in [2.05, 4.69) is 5.32 Å². The van der Waals surface area contributed by atoms with E-state index in [-0.39, 0.29) is 17.9 Å². The Balaban J connectivity index is 1.79. The number of hydrogen-bond donors (Lipinski definition) is 1. The number of hydrogen-bond acceptors (Lipinski definition) is 4. The van der Waals surface area contributed by atoms with E-state index >= 15 is 0 Å². The maximum atomic E-state index is 12.5. The Morgan fingerprint density at radius 3 is 2.68 bits per heavy atom. The molecule has 2 amide bonds. The second-order valence-corrected chi connectivity index (χ2v) is 6.29. The molecule has 0 radical (unpaired) electrons. The highest BCUT2D eigenvalue weighted by Crippen LogP contribution is 2.16. The van der Waals surface area contributed by atoms with Gasteiger partial charge in [-0.3, -0.25) is 9.59 Å². The van der Waals surface area contributed by atoms with Crippen molar-refractivity contribution in [3.05, 3.63) is 29.8 Å². The molecule has 0 aliphatic carbocycles. The lowest BCUT2D eigenvalue weighted by atomic mass is 10.0. The number of benzene rings is 1. The van der Waals surface area contributed by atoms with Crippen LogP contribution in [-0.2, 0) is 20.7 Å². The molecule has 0 aromatic heterocycles. The second-order valence-electron chi connectivity index (χ2n) is 6.29. The Bertz CT molecular complexity index is 583. The fraction of sp³-hybridized carbons (Fsp3) is 0.579. The number of likely N-dealkylation sites (tertiary alicyclic amines) is 1. The fourth-order valence-electron chi connectivity index (χ4n) is 2.99. The Kier molecular flexibility index (Phi) is 7.25. The molecule has 0 saturated carbocycles. The largest absolute Gasteiger partial charge is 0.497 e. The van der Waals surface area contributed by atoms with Crippen LogP contribution in [0.4, 0.5) is 0 Å². The quantitative estimate of drug-likeness (QED) is 0.815. The van der Waals surface area contributed by atoms with Crippen LogP contribution in [-0.4, -0.2) is 55.7 Å². The van der Waals surface area contributed by atoms with Crippen molar-refractivity contribution in [2.24, 2.45) is 0 Å². The Morgan fingerprint density at radius 2 is 2.04 bits per heavy atom. The number of carbonyl (C=O) groups is 2. The van der Waals surface area contributed by atoms with Crippen LogP contribution in [0.25, 0.3) is 0 Å². The molecule has 1 fully saturated rings. The van der Waals surface area contributed by atoms with Crippen LogP contribution in [0.1, 0.15) is 32.3 Å². The van der Waals surface area contributed by atoms with Crippen molar-refractivity contribution in [3.8, 4) is 5.75 Å². The van der Waals surface area contributed by atoms with E-state index in [1.54, 1.807) is 14.0 Å². The van der Waals surface area contributed by atoms with Crippen LogP contribution in [0.5, 0.6) is 5.75 Å². The van der Waals surface area contributed by atoms with Crippen molar-refractivity contribution in [3.63, 3.8) is 0 Å². The standard InChI is InChI=1S/C19H28N2O4/c1-4-25-14(2)19(23)20-16-8-10-21(11-9-16)18(22)13-15-6-5-7-17(12-15)24-3/h5-7,12,14,16H,4,8-11,13H2,1-3H3,(H,20,23). The Hall–Kier alpha value is -2.08. The first-order valence-electron chi connectivity index (χ1n) is 8.86. The third-order valence-corrected chi connectivity index (χ3v) is 4.47. The summed E-state index contributed by atoms with van der Waals surface area (Å²) in [5, 5.41) is 3.01. The van der Waals surface area contributed by atoms with E-state index in [4.69, 9.17) is 9.47 Å². The SMILES string of the molecule is CCOC(C)C(=O)NC1CCN(C(=O)Cc2cccc(OC)c2)CC1. The summed E-state index contributed by atoms with van der Waals surface area (Å²) in [4.78, 5) is 26.3. The first kappa shape index (κ1) is 19.2. The second kappa shape index (κ2) is 9.42. The van der Waals surface area contributed by atoms with Gasteiger partial charge in [0, 0.05) is 25.7 Å². The minimum absolute atomic E-state index is 0.0805. The van der Waals surface area contributed by atoms with Crippen molar-refractivity contribution >= 4 is 11.8 Å². The number of methoxy groups -OCH3 is 1. The number of nitrogens with one attached hydrogen (secondary N) is 1. The lowest BCUT2D eigenvalue weighted by Gasteiger charge is -2.33. The summed E-state index contributed by atoms with van der Waals surface area (Å²) in [5.74, 6) is 0.791. The van der Waals surface area contributed by atoms with Gasteiger partial charge < -0.3 is 19.7 Å². The average molecular weight is 348 g/mol. The summed E-state index contributed by atoms with van der Waals surface area (Å²) >= 11 is 0. The topological polar surface area (TPSA) is 67.9 Å². The maximum Gasteiger partial charge on any atom is 0.249 e. The van der Waals surface area contributed by atoms with Crippen molar-refractivity contribution in [2.75, 3.05) is 26.8 Å². The van der Waals surface area contributed by atoms with Crippen LogP contribution in [0, 0.1) is 0 Å². The lowest BCUT2D eigenvalue weighted by Crippen LogP contribution is -2.49. The number of ether oxygens (including phenoxy) is 2. The van der Waals surface area contributed by atoms with Gasteiger partial charge in [-0.1, -0.05) is 12.1 Å². The van der Waals surface area contributed by atoms with Gasteiger partial charge in [-0.2, -0.15) is 0 Å². The van der Waals surface area contributed by atoms with Crippen LogP contribution in [0.3, 0.4) is 0 Å². The molecule has 2 rings (SSSR count). The van der Waals surface area contributed by atoms with Crippen LogP contribution < -0.4 is 10.1 Å². The molecule has 1 atom stereocenters. The number of rotatable bonds is 7. The van der Waals surface area contributed by atoms with Gasteiger partial charge in [0.25, 0.3) is 0 Å². The van der Waals surface area contributed by atoms with Gasteiger partial charge in [0.2, 0.25) is 11.8 Å². The molecule has 1 aliphatic heterocycles. The van der Waals surface area contributed by atoms with Gasteiger partial charge in [-0.25, -0.2) is 0 Å². The molecule has 1 aromatic rings. The molecule has 6 nitrogen and oxygen atoms in total. The minimum Gasteiger partial charge on any atom is -0.497 e. The van der Waals surface area contributed by atoms with Crippen LogP contribution in [0.2, 0.25) is 0 Å². The number of nitrogens with zero attached hydrogens (tertiary/aromatic N) is 1. The van der Waals surface area contributed by atoms with E-state index in [0.717, 1.165) is 24.2 Å². The molecule has 0 spiro atoms. The molecule has 1 unspecified atom stereocenters. The molecule has 6 heteroatoms. The highest BCUT2D eigenvalue weighted by molar-refractivity contribution is 5.81. The van der Waals surface area contributed by atoms with E-state index < -0.39 is 6.10 Å².